The first-order valence-corrected chi connectivity index (χ1v) is 6.37. The van der Waals surface area contributed by atoms with Gasteiger partial charge in [-0.2, -0.15) is 9.98 Å². The Kier molecular flexibility index (Phi) is 3.66. The van der Waals surface area contributed by atoms with Gasteiger partial charge in [-0.15, -0.1) is 0 Å². The maximum absolute atomic E-state index is 11.7. The summed E-state index contributed by atoms with van der Waals surface area (Å²) in [7, 11) is 0. The fraction of sp³-hybridized carbons (Fsp3) is 0.250. The van der Waals surface area contributed by atoms with E-state index in [1.165, 1.54) is 17.3 Å². The summed E-state index contributed by atoms with van der Waals surface area (Å²) in [4.78, 5) is 19.4. The van der Waals surface area contributed by atoms with Gasteiger partial charge < -0.3 is 11.5 Å². The summed E-state index contributed by atoms with van der Waals surface area (Å²) in [6, 6.07) is 7.98. The number of guanidine groups is 1. The van der Waals surface area contributed by atoms with Crippen molar-refractivity contribution < 1.29 is 4.79 Å². The number of carbonyl (C=O) groups is 1. The van der Waals surface area contributed by atoms with Gasteiger partial charge >= 0.3 is 0 Å². The molecule has 1 heterocycles. The number of amidine groups is 1. The first-order chi connectivity index (χ1) is 8.56. The smallest absolute Gasteiger partial charge is 0.262 e. The minimum atomic E-state index is -0.232. The first kappa shape index (κ1) is 12.6. The minimum Gasteiger partial charge on any atom is -0.370 e. The van der Waals surface area contributed by atoms with Crippen molar-refractivity contribution in [3.05, 3.63) is 35.4 Å². The van der Waals surface area contributed by atoms with Crippen LogP contribution >= 0.6 is 11.8 Å². The van der Waals surface area contributed by atoms with Gasteiger partial charge in [0.2, 0.25) is 0 Å². The maximum atomic E-state index is 11.7. The number of aryl methyl sites for hydroxylation is 1. The van der Waals surface area contributed by atoms with Crippen molar-refractivity contribution in [1.29, 1.82) is 0 Å². The van der Waals surface area contributed by atoms with E-state index in [0.717, 1.165) is 5.56 Å². The lowest BCUT2D eigenvalue weighted by molar-refractivity contribution is -0.117. The van der Waals surface area contributed by atoms with Crippen molar-refractivity contribution >= 4 is 28.8 Å². The molecule has 1 aromatic carbocycles. The van der Waals surface area contributed by atoms with Crippen LogP contribution in [-0.2, 0) is 11.2 Å². The van der Waals surface area contributed by atoms with Crippen LogP contribution < -0.4 is 11.5 Å². The van der Waals surface area contributed by atoms with E-state index in [9.17, 15) is 4.79 Å². The molecule has 1 aromatic rings. The third-order valence-electron chi connectivity index (χ3n) is 2.62. The molecule has 0 spiro atoms. The van der Waals surface area contributed by atoms with E-state index in [1.54, 1.807) is 0 Å². The van der Waals surface area contributed by atoms with E-state index in [-0.39, 0.29) is 17.1 Å². The molecule has 1 amide bonds. The summed E-state index contributed by atoms with van der Waals surface area (Å²) in [6.45, 7) is 2.03. The lowest BCUT2D eigenvalue weighted by Gasteiger charge is -2.08. The second-order valence-electron chi connectivity index (χ2n) is 4.01. The van der Waals surface area contributed by atoms with Gasteiger partial charge in [0.1, 0.15) is 0 Å². The number of hydrogen-bond acceptors (Lipinski definition) is 3. The van der Waals surface area contributed by atoms with Crippen LogP contribution in [-0.4, -0.2) is 22.3 Å². The highest BCUT2D eigenvalue weighted by Crippen LogP contribution is 2.27. The van der Waals surface area contributed by atoms with Gasteiger partial charge in [-0.1, -0.05) is 36.0 Å². The lowest BCUT2D eigenvalue weighted by atomic mass is 10.0. The highest BCUT2D eigenvalue weighted by Gasteiger charge is 2.28. The average Bonchev–Trinajstić information content (AvgIpc) is 2.61. The summed E-state index contributed by atoms with van der Waals surface area (Å²) in [6.07, 6.45) is 0.642. The molecule has 1 atom stereocenters. The number of aliphatic imine (C=N–C) groups is 2. The van der Waals surface area contributed by atoms with Gasteiger partial charge in [0.25, 0.3) is 5.91 Å². The van der Waals surface area contributed by atoms with Gasteiger partial charge in [-0.3, -0.25) is 4.79 Å². The zero-order chi connectivity index (χ0) is 13.1. The first-order valence-electron chi connectivity index (χ1n) is 5.49. The molecule has 1 aliphatic rings. The van der Waals surface area contributed by atoms with Gasteiger partial charge in [0.05, 0.1) is 5.25 Å². The Morgan fingerprint density at radius 3 is 2.83 bits per heavy atom. The molecule has 0 saturated carbocycles. The quantitative estimate of drug-likeness (QED) is 0.609. The third kappa shape index (κ3) is 2.89. The molecule has 0 aromatic heterocycles. The Balaban J connectivity index is 2.08. The molecule has 6 heteroatoms. The zero-order valence-corrected chi connectivity index (χ0v) is 10.8. The second-order valence-corrected chi connectivity index (χ2v) is 5.18. The average molecular weight is 262 g/mol. The fourth-order valence-electron chi connectivity index (χ4n) is 1.70. The Morgan fingerprint density at radius 2 is 2.17 bits per heavy atom. The standard InChI is InChI=1S/C12H14N4OS/c1-7-4-2-3-5-8(7)6-9-10(17)15-12(18-9)16-11(13)14/h2-5,9H,6H2,1H3,(H4,13,14,15,16,17)/t9-/m1/s1. The van der Waals surface area contributed by atoms with Gasteiger partial charge in [0.15, 0.2) is 11.1 Å². The number of nitrogens with two attached hydrogens (primary N) is 2. The summed E-state index contributed by atoms with van der Waals surface area (Å²) >= 11 is 1.30. The zero-order valence-electron chi connectivity index (χ0n) is 9.96. The molecule has 2 rings (SSSR count). The molecule has 18 heavy (non-hydrogen) atoms. The number of thioether (sulfide) groups is 1. The molecular weight excluding hydrogens is 248 g/mol. The Bertz CT molecular complexity index is 535. The van der Waals surface area contributed by atoms with Crippen LogP contribution in [0, 0.1) is 6.92 Å². The highest BCUT2D eigenvalue weighted by molar-refractivity contribution is 8.15. The molecule has 4 N–H and O–H groups in total. The highest BCUT2D eigenvalue weighted by atomic mass is 32.2. The molecule has 0 fully saturated rings. The fourth-order valence-corrected chi connectivity index (χ4v) is 2.67. The van der Waals surface area contributed by atoms with E-state index >= 15 is 0 Å². The molecule has 0 bridgehead atoms. The van der Waals surface area contributed by atoms with Crippen molar-refractivity contribution in [2.24, 2.45) is 21.5 Å². The molecule has 1 aliphatic heterocycles. The summed E-state index contributed by atoms with van der Waals surface area (Å²) in [5, 5.41) is 0.114. The van der Waals surface area contributed by atoms with Crippen LogP contribution in [0.25, 0.3) is 0 Å². The molecule has 0 saturated heterocycles. The van der Waals surface area contributed by atoms with Crippen molar-refractivity contribution in [2.45, 2.75) is 18.6 Å². The predicted molar refractivity (Wildman–Crippen MR) is 74.5 cm³/mol. The number of nitrogens with zero attached hydrogens (tertiary/aromatic N) is 2. The van der Waals surface area contributed by atoms with Crippen LogP contribution in [0.3, 0.4) is 0 Å². The second kappa shape index (κ2) is 5.22. The largest absolute Gasteiger partial charge is 0.370 e. The molecule has 5 nitrogen and oxygen atoms in total. The topological polar surface area (TPSA) is 93.8 Å². The Labute approximate surface area is 109 Å². The molecule has 0 aliphatic carbocycles. The summed E-state index contributed by atoms with van der Waals surface area (Å²) in [5.74, 6) is -0.256. The van der Waals surface area contributed by atoms with E-state index in [1.807, 2.05) is 31.2 Å². The van der Waals surface area contributed by atoms with E-state index in [2.05, 4.69) is 9.98 Å². The minimum absolute atomic E-state index is 0.0782. The number of rotatable bonds is 2. The van der Waals surface area contributed by atoms with Gasteiger partial charge in [-0.05, 0) is 24.5 Å². The maximum Gasteiger partial charge on any atom is 0.262 e. The molecular formula is C12H14N4OS. The van der Waals surface area contributed by atoms with Crippen LogP contribution in [0.2, 0.25) is 0 Å². The van der Waals surface area contributed by atoms with Crippen molar-refractivity contribution in [3.63, 3.8) is 0 Å². The van der Waals surface area contributed by atoms with Gasteiger partial charge in [0, 0.05) is 0 Å². The van der Waals surface area contributed by atoms with Crippen LogP contribution in [0.5, 0.6) is 0 Å². The Hall–Kier alpha value is -1.82. The van der Waals surface area contributed by atoms with Crippen LogP contribution in [0.1, 0.15) is 11.1 Å². The number of benzene rings is 1. The van der Waals surface area contributed by atoms with E-state index < -0.39 is 0 Å². The predicted octanol–water partition coefficient (Wildman–Crippen LogP) is 0.809. The number of amides is 1. The third-order valence-corrected chi connectivity index (χ3v) is 3.67. The van der Waals surface area contributed by atoms with Gasteiger partial charge in [-0.25, -0.2) is 0 Å². The lowest BCUT2D eigenvalue weighted by Crippen LogP contribution is -2.23. The molecule has 0 unspecified atom stereocenters. The Morgan fingerprint density at radius 1 is 1.44 bits per heavy atom. The number of hydrogen-bond donors (Lipinski definition) is 2. The van der Waals surface area contributed by atoms with Crippen molar-refractivity contribution in [1.82, 2.24) is 0 Å². The van der Waals surface area contributed by atoms with E-state index in [0.29, 0.717) is 11.6 Å². The number of carbonyl (C=O) groups excluding carboxylic acids is 1. The van der Waals surface area contributed by atoms with E-state index in [4.69, 9.17) is 11.5 Å². The monoisotopic (exact) mass is 262 g/mol. The van der Waals surface area contributed by atoms with Crippen molar-refractivity contribution in [2.75, 3.05) is 0 Å². The SMILES string of the molecule is Cc1ccccc1C[C@H]1SC(N=C(N)N)=NC1=O. The molecule has 0 radical (unpaired) electrons. The van der Waals surface area contributed by atoms with Crippen molar-refractivity contribution in [3.8, 4) is 0 Å². The molecule has 94 valence electrons. The summed E-state index contributed by atoms with van der Waals surface area (Å²) in [5.41, 5.74) is 12.8. The van der Waals surface area contributed by atoms with Crippen LogP contribution in [0.15, 0.2) is 34.3 Å². The normalized spacial score (nSPS) is 18.6. The van der Waals surface area contributed by atoms with Crippen LogP contribution in [0.4, 0.5) is 0 Å². The summed E-state index contributed by atoms with van der Waals surface area (Å²) < 4.78 is 0.